The number of aromatic hydroxyl groups is 1. The molecule has 2 nitrogen and oxygen atoms in total. The average Bonchev–Trinajstić information content (AvgIpc) is 2.33. The molecule has 1 heterocycles. The van der Waals surface area contributed by atoms with Crippen molar-refractivity contribution in [3.63, 3.8) is 0 Å². The van der Waals surface area contributed by atoms with Gasteiger partial charge in [0.15, 0.2) is 0 Å². The first-order valence-corrected chi connectivity index (χ1v) is 7.45. The van der Waals surface area contributed by atoms with Crippen LogP contribution in [0.2, 0.25) is 0 Å². The first-order valence-electron chi connectivity index (χ1n) is 6.30. The van der Waals surface area contributed by atoms with Crippen molar-refractivity contribution in [3.05, 3.63) is 29.3 Å². The van der Waals surface area contributed by atoms with E-state index >= 15 is 0 Å². The summed E-state index contributed by atoms with van der Waals surface area (Å²) < 4.78 is 0. The third kappa shape index (κ3) is 3.39. The highest BCUT2D eigenvalue weighted by Crippen LogP contribution is 2.27. The Morgan fingerprint density at radius 2 is 2.06 bits per heavy atom. The first-order chi connectivity index (χ1) is 8.16. The Kier molecular flexibility index (Phi) is 4.35. The van der Waals surface area contributed by atoms with Gasteiger partial charge in [0.05, 0.1) is 0 Å². The molecule has 0 bridgehead atoms. The smallest absolute Gasteiger partial charge is 0.120 e. The standard InChI is InChI=1S/C14H21NOS/c1-10-3-4-14(16)13(9-10)11(2)15-12-5-7-17-8-6-12/h3-4,9,11-12,15-16H,5-8H2,1-2H3. The molecule has 1 unspecified atom stereocenters. The van der Waals surface area contributed by atoms with E-state index in [2.05, 4.69) is 25.2 Å². The average molecular weight is 251 g/mol. The molecule has 0 spiro atoms. The Morgan fingerprint density at radius 3 is 2.76 bits per heavy atom. The van der Waals surface area contributed by atoms with E-state index in [1.54, 1.807) is 6.07 Å². The third-order valence-electron chi connectivity index (χ3n) is 3.36. The number of hydrogen-bond donors (Lipinski definition) is 2. The van der Waals surface area contributed by atoms with E-state index in [0.29, 0.717) is 11.8 Å². The van der Waals surface area contributed by atoms with Gasteiger partial charge in [0, 0.05) is 17.6 Å². The molecule has 3 heteroatoms. The lowest BCUT2D eigenvalue weighted by atomic mass is 10.0. The van der Waals surface area contributed by atoms with Gasteiger partial charge in [-0.05, 0) is 44.3 Å². The van der Waals surface area contributed by atoms with Crippen LogP contribution >= 0.6 is 11.8 Å². The van der Waals surface area contributed by atoms with E-state index < -0.39 is 0 Å². The number of benzene rings is 1. The van der Waals surface area contributed by atoms with Crippen LogP contribution in [0.15, 0.2) is 18.2 Å². The van der Waals surface area contributed by atoms with Crippen molar-refractivity contribution in [1.82, 2.24) is 5.32 Å². The van der Waals surface area contributed by atoms with Crippen LogP contribution in [-0.2, 0) is 0 Å². The molecule has 2 rings (SSSR count). The fraction of sp³-hybridized carbons (Fsp3) is 0.571. The molecule has 0 aromatic heterocycles. The van der Waals surface area contributed by atoms with Gasteiger partial charge in [-0.25, -0.2) is 0 Å². The monoisotopic (exact) mass is 251 g/mol. The van der Waals surface area contributed by atoms with E-state index in [0.717, 1.165) is 5.56 Å². The number of aryl methyl sites for hydroxylation is 1. The lowest BCUT2D eigenvalue weighted by Crippen LogP contribution is -2.34. The summed E-state index contributed by atoms with van der Waals surface area (Å²) in [5.41, 5.74) is 2.22. The minimum atomic E-state index is 0.225. The summed E-state index contributed by atoms with van der Waals surface area (Å²) >= 11 is 2.04. The third-order valence-corrected chi connectivity index (χ3v) is 4.41. The predicted molar refractivity (Wildman–Crippen MR) is 74.7 cm³/mol. The molecule has 17 heavy (non-hydrogen) atoms. The summed E-state index contributed by atoms with van der Waals surface area (Å²) in [4.78, 5) is 0. The van der Waals surface area contributed by atoms with E-state index in [1.807, 2.05) is 17.8 Å². The van der Waals surface area contributed by atoms with Crippen LogP contribution < -0.4 is 5.32 Å². The predicted octanol–water partition coefficient (Wildman–Crippen LogP) is 3.25. The summed E-state index contributed by atoms with van der Waals surface area (Å²) in [5, 5.41) is 13.5. The topological polar surface area (TPSA) is 32.3 Å². The molecular formula is C14H21NOS. The first kappa shape index (κ1) is 12.8. The van der Waals surface area contributed by atoms with Crippen molar-refractivity contribution in [2.24, 2.45) is 0 Å². The number of phenols is 1. The summed E-state index contributed by atoms with van der Waals surface area (Å²) in [7, 11) is 0. The van der Waals surface area contributed by atoms with Gasteiger partial charge in [0.2, 0.25) is 0 Å². The quantitative estimate of drug-likeness (QED) is 0.865. The normalized spacial score (nSPS) is 19.2. The fourth-order valence-corrected chi connectivity index (χ4v) is 3.43. The van der Waals surface area contributed by atoms with Gasteiger partial charge in [0.1, 0.15) is 5.75 Å². The van der Waals surface area contributed by atoms with Crippen molar-refractivity contribution in [2.75, 3.05) is 11.5 Å². The van der Waals surface area contributed by atoms with Crippen molar-refractivity contribution in [3.8, 4) is 5.75 Å². The zero-order chi connectivity index (χ0) is 12.3. The van der Waals surface area contributed by atoms with Crippen LogP contribution in [0.1, 0.15) is 36.9 Å². The fourth-order valence-electron chi connectivity index (χ4n) is 2.33. The Labute approximate surface area is 108 Å². The lowest BCUT2D eigenvalue weighted by molar-refractivity contribution is 0.410. The second-order valence-electron chi connectivity index (χ2n) is 4.84. The van der Waals surface area contributed by atoms with Crippen LogP contribution in [0.4, 0.5) is 0 Å². The van der Waals surface area contributed by atoms with Gasteiger partial charge >= 0.3 is 0 Å². The Bertz CT molecular complexity index is 374. The minimum absolute atomic E-state index is 0.225. The van der Waals surface area contributed by atoms with Gasteiger partial charge in [0.25, 0.3) is 0 Å². The van der Waals surface area contributed by atoms with Crippen LogP contribution in [-0.4, -0.2) is 22.7 Å². The SMILES string of the molecule is Cc1ccc(O)c(C(C)NC2CCSCC2)c1. The number of phenolic OH excluding ortho intramolecular Hbond substituents is 1. The summed E-state index contributed by atoms with van der Waals surface area (Å²) in [6.07, 6.45) is 2.48. The summed E-state index contributed by atoms with van der Waals surface area (Å²) in [6, 6.07) is 6.64. The zero-order valence-corrected chi connectivity index (χ0v) is 11.4. The highest BCUT2D eigenvalue weighted by molar-refractivity contribution is 7.99. The number of thioether (sulfide) groups is 1. The molecule has 0 aliphatic carbocycles. The van der Waals surface area contributed by atoms with E-state index in [1.165, 1.54) is 29.9 Å². The Hall–Kier alpha value is -0.670. The number of hydrogen-bond acceptors (Lipinski definition) is 3. The van der Waals surface area contributed by atoms with Crippen molar-refractivity contribution in [2.45, 2.75) is 38.8 Å². The van der Waals surface area contributed by atoms with Crippen molar-refractivity contribution in [1.29, 1.82) is 0 Å². The molecule has 1 atom stereocenters. The number of nitrogens with one attached hydrogen (secondary N) is 1. The number of rotatable bonds is 3. The second kappa shape index (κ2) is 5.78. The van der Waals surface area contributed by atoms with E-state index in [9.17, 15) is 5.11 Å². The summed E-state index contributed by atoms with van der Waals surface area (Å²) in [6.45, 7) is 4.20. The molecule has 0 saturated carbocycles. The maximum absolute atomic E-state index is 9.89. The van der Waals surface area contributed by atoms with Crippen molar-refractivity contribution < 1.29 is 5.11 Å². The largest absolute Gasteiger partial charge is 0.508 e. The van der Waals surface area contributed by atoms with Gasteiger partial charge in [-0.15, -0.1) is 0 Å². The zero-order valence-electron chi connectivity index (χ0n) is 10.6. The van der Waals surface area contributed by atoms with Crippen molar-refractivity contribution >= 4 is 11.8 Å². The van der Waals surface area contributed by atoms with E-state index in [-0.39, 0.29) is 6.04 Å². The molecular weight excluding hydrogens is 230 g/mol. The molecule has 1 aliphatic heterocycles. The van der Waals surface area contributed by atoms with Crippen LogP contribution in [0.25, 0.3) is 0 Å². The Balaban J connectivity index is 2.02. The molecule has 94 valence electrons. The highest BCUT2D eigenvalue weighted by atomic mass is 32.2. The minimum Gasteiger partial charge on any atom is -0.508 e. The molecule has 0 amide bonds. The van der Waals surface area contributed by atoms with E-state index in [4.69, 9.17) is 0 Å². The lowest BCUT2D eigenvalue weighted by Gasteiger charge is -2.27. The molecule has 1 aromatic carbocycles. The maximum atomic E-state index is 9.89. The van der Waals surface area contributed by atoms with Crippen LogP contribution in [0.5, 0.6) is 5.75 Å². The molecule has 1 saturated heterocycles. The summed E-state index contributed by atoms with van der Waals surface area (Å²) in [5.74, 6) is 2.91. The highest BCUT2D eigenvalue weighted by Gasteiger charge is 2.18. The van der Waals surface area contributed by atoms with Gasteiger partial charge in [-0.1, -0.05) is 17.7 Å². The molecule has 0 radical (unpaired) electrons. The van der Waals surface area contributed by atoms with Gasteiger partial charge in [-0.2, -0.15) is 11.8 Å². The van der Waals surface area contributed by atoms with Gasteiger partial charge in [-0.3, -0.25) is 0 Å². The van der Waals surface area contributed by atoms with Crippen LogP contribution in [0.3, 0.4) is 0 Å². The molecule has 2 N–H and O–H groups in total. The Morgan fingerprint density at radius 1 is 1.35 bits per heavy atom. The maximum Gasteiger partial charge on any atom is 0.120 e. The molecule has 1 fully saturated rings. The second-order valence-corrected chi connectivity index (χ2v) is 6.06. The van der Waals surface area contributed by atoms with Crippen LogP contribution in [0, 0.1) is 6.92 Å². The molecule has 1 aliphatic rings. The van der Waals surface area contributed by atoms with Gasteiger partial charge < -0.3 is 10.4 Å². The molecule has 1 aromatic rings.